The van der Waals surface area contributed by atoms with Crippen LogP contribution in [-0.4, -0.2) is 47.4 Å². The zero-order valence-corrected chi connectivity index (χ0v) is 10.6. The minimum absolute atomic E-state index is 0.00427. The van der Waals surface area contributed by atoms with Gasteiger partial charge in [-0.15, -0.1) is 0 Å². The molecule has 0 aliphatic carbocycles. The molecule has 1 aliphatic rings. The lowest BCUT2D eigenvalue weighted by molar-refractivity contribution is -0.142. The van der Waals surface area contributed by atoms with Crippen molar-refractivity contribution < 1.29 is 22.7 Å². The summed E-state index contributed by atoms with van der Waals surface area (Å²) in [6.45, 7) is -0.372. The molecule has 2 heterocycles. The van der Waals surface area contributed by atoms with E-state index < -0.39 is 27.3 Å². The predicted molar refractivity (Wildman–Crippen MR) is 62.1 cm³/mol. The smallest absolute Gasteiger partial charge is 0.325 e. The van der Waals surface area contributed by atoms with Gasteiger partial charge in [-0.2, -0.15) is 4.31 Å². The van der Waals surface area contributed by atoms with Crippen LogP contribution in [0.4, 0.5) is 4.39 Å². The predicted octanol–water partition coefficient (Wildman–Crippen LogP) is -0.603. The number of nitrogens with zero attached hydrogens (tertiary/aromatic N) is 2. The first-order valence-electron chi connectivity index (χ1n) is 5.39. The molecule has 7 nitrogen and oxygen atoms in total. The summed E-state index contributed by atoms with van der Waals surface area (Å²) in [6, 6.07) is 0.833. The number of rotatable bonds is 3. The number of sulfonamides is 1. The summed E-state index contributed by atoms with van der Waals surface area (Å²) in [6.07, 6.45) is 1.90. The molecule has 0 radical (unpaired) electrons. The van der Waals surface area contributed by atoms with Gasteiger partial charge in [-0.1, -0.05) is 0 Å². The Labute approximate surface area is 108 Å². The number of aromatic nitrogens is 1. The second-order valence-corrected chi connectivity index (χ2v) is 6.33. The highest BCUT2D eigenvalue weighted by Gasteiger charge is 2.45. The fourth-order valence-electron chi connectivity index (χ4n) is 1.86. The SMILES string of the molecule is NC1(C(=O)O)CCN(S(=O)(=O)c2cncc(F)c2)C1. The van der Waals surface area contributed by atoms with Crippen LogP contribution in [-0.2, 0) is 14.8 Å². The fraction of sp³-hybridized carbons (Fsp3) is 0.400. The van der Waals surface area contributed by atoms with Gasteiger partial charge in [-0.05, 0) is 12.5 Å². The van der Waals surface area contributed by atoms with Crippen LogP contribution >= 0.6 is 0 Å². The first-order chi connectivity index (χ1) is 8.75. The first kappa shape index (κ1) is 13.8. The van der Waals surface area contributed by atoms with Crippen molar-refractivity contribution in [3.8, 4) is 0 Å². The van der Waals surface area contributed by atoms with Crippen molar-refractivity contribution >= 4 is 16.0 Å². The van der Waals surface area contributed by atoms with Crippen molar-refractivity contribution in [2.24, 2.45) is 5.73 Å². The molecule has 1 atom stereocenters. The normalized spacial score (nSPS) is 24.5. The molecule has 0 spiro atoms. The minimum atomic E-state index is -3.98. The molecule has 1 saturated heterocycles. The monoisotopic (exact) mass is 289 g/mol. The summed E-state index contributed by atoms with van der Waals surface area (Å²) in [7, 11) is -3.98. The van der Waals surface area contributed by atoms with Gasteiger partial charge in [0.05, 0.1) is 6.20 Å². The van der Waals surface area contributed by atoms with Crippen molar-refractivity contribution in [1.82, 2.24) is 9.29 Å². The molecule has 19 heavy (non-hydrogen) atoms. The van der Waals surface area contributed by atoms with Gasteiger partial charge in [0.15, 0.2) is 0 Å². The standard InChI is InChI=1S/C10H12FN3O4S/c11-7-3-8(5-13-4-7)19(17,18)14-2-1-10(12,6-14)9(15)16/h3-5H,1-2,6,12H2,(H,15,16). The maximum Gasteiger partial charge on any atom is 0.325 e. The van der Waals surface area contributed by atoms with E-state index in [0.717, 1.165) is 22.8 Å². The van der Waals surface area contributed by atoms with E-state index in [1.807, 2.05) is 0 Å². The molecule has 0 aromatic carbocycles. The molecule has 0 bridgehead atoms. The molecular weight excluding hydrogens is 277 g/mol. The number of hydrogen-bond donors (Lipinski definition) is 2. The summed E-state index contributed by atoms with van der Waals surface area (Å²) >= 11 is 0. The van der Waals surface area contributed by atoms with E-state index in [9.17, 15) is 17.6 Å². The topological polar surface area (TPSA) is 114 Å². The molecule has 1 aliphatic heterocycles. The Bertz CT molecular complexity index is 621. The largest absolute Gasteiger partial charge is 0.480 e. The van der Waals surface area contributed by atoms with Gasteiger partial charge in [0, 0.05) is 19.3 Å². The van der Waals surface area contributed by atoms with Crippen LogP contribution in [0.25, 0.3) is 0 Å². The van der Waals surface area contributed by atoms with Gasteiger partial charge in [-0.25, -0.2) is 12.8 Å². The van der Waals surface area contributed by atoms with Crippen molar-refractivity contribution in [2.75, 3.05) is 13.1 Å². The van der Waals surface area contributed by atoms with Crippen LogP contribution in [0.1, 0.15) is 6.42 Å². The Kier molecular flexibility index (Phi) is 3.29. The third-order valence-corrected chi connectivity index (χ3v) is 4.82. The fourth-order valence-corrected chi connectivity index (χ4v) is 3.34. The van der Waals surface area contributed by atoms with Crippen LogP contribution in [0.5, 0.6) is 0 Å². The average molecular weight is 289 g/mol. The minimum Gasteiger partial charge on any atom is -0.480 e. The Morgan fingerprint density at radius 3 is 2.74 bits per heavy atom. The zero-order valence-electron chi connectivity index (χ0n) is 9.78. The summed E-state index contributed by atoms with van der Waals surface area (Å²) in [5, 5.41) is 8.95. The van der Waals surface area contributed by atoms with E-state index >= 15 is 0 Å². The van der Waals surface area contributed by atoms with Gasteiger partial charge in [0.25, 0.3) is 0 Å². The summed E-state index contributed by atoms with van der Waals surface area (Å²) in [5.74, 6) is -2.04. The summed E-state index contributed by atoms with van der Waals surface area (Å²) in [4.78, 5) is 14.1. The number of carbonyl (C=O) groups is 1. The average Bonchev–Trinajstić information content (AvgIpc) is 2.74. The molecule has 0 amide bonds. The van der Waals surface area contributed by atoms with Crippen molar-refractivity contribution in [2.45, 2.75) is 16.9 Å². The molecule has 1 aromatic heterocycles. The van der Waals surface area contributed by atoms with Crippen LogP contribution in [0.3, 0.4) is 0 Å². The van der Waals surface area contributed by atoms with Gasteiger partial charge in [0.2, 0.25) is 10.0 Å². The van der Waals surface area contributed by atoms with Gasteiger partial charge >= 0.3 is 5.97 Å². The molecule has 0 saturated carbocycles. The highest BCUT2D eigenvalue weighted by molar-refractivity contribution is 7.89. The number of nitrogens with two attached hydrogens (primary N) is 1. The highest BCUT2D eigenvalue weighted by Crippen LogP contribution is 2.25. The summed E-state index contributed by atoms with van der Waals surface area (Å²) in [5.41, 5.74) is 4.00. The molecule has 2 rings (SSSR count). The lowest BCUT2D eigenvalue weighted by Crippen LogP contribution is -2.50. The number of pyridine rings is 1. The lowest BCUT2D eigenvalue weighted by Gasteiger charge is -2.19. The Hall–Kier alpha value is -1.58. The lowest BCUT2D eigenvalue weighted by atomic mass is 10.0. The Morgan fingerprint density at radius 2 is 2.21 bits per heavy atom. The molecule has 3 N–H and O–H groups in total. The highest BCUT2D eigenvalue weighted by atomic mass is 32.2. The number of halogens is 1. The molecule has 1 aromatic rings. The van der Waals surface area contributed by atoms with E-state index in [1.54, 1.807) is 0 Å². The maximum atomic E-state index is 13.0. The van der Waals surface area contributed by atoms with Gasteiger partial charge in [0.1, 0.15) is 16.3 Å². The molecular formula is C10H12FN3O4S. The van der Waals surface area contributed by atoms with Crippen molar-refractivity contribution in [1.29, 1.82) is 0 Å². The number of carboxylic acids is 1. The third kappa shape index (κ3) is 2.44. The van der Waals surface area contributed by atoms with Gasteiger partial charge < -0.3 is 10.8 Å². The summed E-state index contributed by atoms with van der Waals surface area (Å²) < 4.78 is 38.3. The number of hydrogen-bond acceptors (Lipinski definition) is 5. The molecule has 1 unspecified atom stereocenters. The Balaban J connectivity index is 2.31. The van der Waals surface area contributed by atoms with Gasteiger partial charge in [-0.3, -0.25) is 9.78 Å². The Morgan fingerprint density at radius 1 is 1.53 bits per heavy atom. The molecule has 104 valence electrons. The second kappa shape index (κ2) is 4.51. The quantitative estimate of drug-likeness (QED) is 0.768. The number of aliphatic carboxylic acids is 1. The molecule has 9 heteroatoms. The van der Waals surface area contributed by atoms with E-state index in [-0.39, 0.29) is 24.4 Å². The van der Waals surface area contributed by atoms with E-state index in [2.05, 4.69) is 4.98 Å². The van der Waals surface area contributed by atoms with Crippen molar-refractivity contribution in [3.63, 3.8) is 0 Å². The van der Waals surface area contributed by atoms with E-state index in [4.69, 9.17) is 10.8 Å². The third-order valence-electron chi connectivity index (χ3n) is 3.01. The van der Waals surface area contributed by atoms with Crippen molar-refractivity contribution in [3.05, 3.63) is 24.3 Å². The van der Waals surface area contributed by atoms with Crippen LogP contribution < -0.4 is 5.73 Å². The van der Waals surface area contributed by atoms with E-state index in [1.165, 1.54) is 0 Å². The first-order valence-corrected chi connectivity index (χ1v) is 6.83. The second-order valence-electron chi connectivity index (χ2n) is 4.39. The van der Waals surface area contributed by atoms with E-state index in [0.29, 0.717) is 0 Å². The number of carboxylic acid groups (broad SMARTS) is 1. The van der Waals surface area contributed by atoms with Crippen LogP contribution in [0.2, 0.25) is 0 Å². The van der Waals surface area contributed by atoms with Crippen LogP contribution in [0, 0.1) is 5.82 Å². The molecule has 1 fully saturated rings. The zero-order chi connectivity index (χ0) is 14.3. The maximum absolute atomic E-state index is 13.0. The van der Waals surface area contributed by atoms with Crippen LogP contribution in [0.15, 0.2) is 23.4 Å².